The Morgan fingerprint density at radius 1 is 1.55 bits per heavy atom. The summed E-state index contributed by atoms with van der Waals surface area (Å²) in [5.41, 5.74) is 6.18. The number of likely N-dealkylation sites (tertiary alicyclic amines) is 1. The van der Waals surface area contributed by atoms with Gasteiger partial charge in [0.25, 0.3) is 5.91 Å². The van der Waals surface area contributed by atoms with E-state index in [1.54, 1.807) is 18.3 Å². The fourth-order valence-electron chi connectivity index (χ4n) is 3.15. The minimum absolute atomic E-state index is 0.0658. The Labute approximate surface area is 133 Å². The molecule has 0 aliphatic carbocycles. The highest BCUT2D eigenvalue weighted by molar-refractivity contribution is 5.94. The Morgan fingerprint density at radius 2 is 2.36 bits per heavy atom. The number of nitrogens with one attached hydrogen (secondary N) is 1. The van der Waals surface area contributed by atoms with Gasteiger partial charge in [-0.3, -0.25) is 4.79 Å². The molecular formula is C17H28N4O. The van der Waals surface area contributed by atoms with E-state index >= 15 is 0 Å². The number of nitrogen functional groups attached to an aromatic ring is 1. The predicted molar refractivity (Wildman–Crippen MR) is 89.6 cm³/mol. The third-order valence-corrected chi connectivity index (χ3v) is 4.11. The average Bonchev–Trinajstić information content (AvgIpc) is 2.47. The van der Waals surface area contributed by atoms with Crippen molar-refractivity contribution >= 4 is 11.7 Å². The second-order valence-corrected chi connectivity index (χ2v) is 6.68. The van der Waals surface area contributed by atoms with Gasteiger partial charge in [0.05, 0.1) is 0 Å². The first-order chi connectivity index (χ1) is 10.5. The minimum atomic E-state index is -0.0658. The van der Waals surface area contributed by atoms with Crippen molar-refractivity contribution in [1.82, 2.24) is 15.2 Å². The number of rotatable bonds is 6. The molecule has 2 rings (SSSR count). The number of nitrogens with two attached hydrogens (primary N) is 1. The average molecular weight is 304 g/mol. The van der Waals surface area contributed by atoms with Gasteiger partial charge >= 0.3 is 0 Å². The smallest absolute Gasteiger partial charge is 0.251 e. The number of nitrogens with zero attached hydrogens (tertiary/aromatic N) is 2. The van der Waals surface area contributed by atoms with Crippen LogP contribution in [0.15, 0.2) is 18.3 Å². The second kappa shape index (κ2) is 8.13. The SMILES string of the molecule is CC(C)CN1CCC[C@@H](CCNC(=O)c2ccnc(N)c2)C1. The molecule has 1 amide bonds. The lowest BCUT2D eigenvalue weighted by Crippen LogP contribution is -2.39. The molecule has 5 nitrogen and oxygen atoms in total. The molecule has 1 aromatic rings. The van der Waals surface area contributed by atoms with E-state index in [1.807, 2.05) is 0 Å². The highest BCUT2D eigenvalue weighted by Crippen LogP contribution is 2.20. The predicted octanol–water partition coefficient (Wildman–Crippen LogP) is 2.15. The highest BCUT2D eigenvalue weighted by Gasteiger charge is 2.20. The van der Waals surface area contributed by atoms with E-state index < -0.39 is 0 Å². The lowest BCUT2D eigenvalue weighted by atomic mass is 9.94. The molecule has 2 heterocycles. The number of pyridine rings is 1. The summed E-state index contributed by atoms with van der Waals surface area (Å²) in [7, 11) is 0. The lowest BCUT2D eigenvalue weighted by Gasteiger charge is -2.33. The highest BCUT2D eigenvalue weighted by atomic mass is 16.1. The van der Waals surface area contributed by atoms with Crippen LogP contribution in [0.25, 0.3) is 0 Å². The topological polar surface area (TPSA) is 71.2 Å². The van der Waals surface area contributed by atoms with Gasteiger partial charge in [0.15, 0.2) is 0 Å². The zero-order chi connectivity index (χ0) is 15.9. The molecular weight excluding hydrogens is 276 g/mol. The standard InChI is InChI=1S/C17H28N4O/c1-13(2)11-21-9-3-4-14(12-21)5-7-20-17(22)15-6-8-19-16(18)10-15/h6,8,10,13-14H,3-5,7,9,11-12H2,1-2H3,(H2,18,19)(H,20,22)/t14-/m0/s1. The van der Waals surface area contributed by atoms with E-state index in [0.29, 0.717) is 17.3 Å². The summed E-state index contributed by atoms with van der Waals surface area (Å²) in [5, 5.41) is 2.99. The third-order valence-electron chi connectivity index (χ3n) is 4.11. The Bertz CT molecular complexity index is 489. The summed E-state index contributed by atoms with van der Waals surface area (Å²) in [6.45, 7) is 8.82. The summed E-state index contributed by atoms with van der Waals surface area (Å²) in [6.07, 6.45) is 5.15. The Hall–Kier alpha value is -1.62. The van der Waals surface area contributed by atoms with E-state index in [1.165, 1.54) is 25.9 Å². The van der Waals surface area contributed by atoms with E-state index in [0.717, 1.165) is 25.4 Å². The first kappa shape index (κ1) is 16.7. The van der Waals surface area contributed by atoms with Crippen LogP contribution in [0.2, 0.25) is 0 Å². The largest absolute Gasteiger partial charge is 0.384 e. The Morgan fingerprint density at radius 3 is 3.09 bits per heavy atom. The molecule has 1 saturated heterocycles. The lowest BCUT2D eigenvalue weighted by molar-refractivity contribution is 0.0946. The first-order valence-electron chi connectivity index (χ1n) is 8.26. The summed E-state index contributed by atoms with van der Waals surface area (Å²) < 4.78 is 0. The van der Waals surface area contributed by atoms with Crippen molar-refractivity contribution in [2.24, 2.45) is 11.8 Å². The summed E-state index contributed by atoms with van der Waals surface area (Å²) in [6, 6.07) is 3.30. The van der Waals surface area contributed by atoms with Crippen LogP contribution in [0.1, 0.15) is 43.5 Å². The van der Waals surface area contributed by atoms with Crippen molar-refractivity contribution in [2.75, 3.05) is 31.9 Å². The molecule has 0 radical (unpaired) electrons. The number of carbonyl (C=O) groups is 1. The van der Waals surface area contributed by atoms with Gasteiger partial charge in [-0.05, 0) is 49.8 Å². The molecule has 22 heavy (non-hydrogen) atoms. The molecule has 1 aromatic heterocycles. The van der Waals surface area contributed by atoms with Crippen LogP contribution in [0.5, 0.6) is 0 Å². The van der Waals surface area contributed by atoms with Crippen molar-refractivity contribution in [3.05, 3.63) is 23.9 Å². The molecule has 122 valence electrons. The fourth-order valence-corrected chi connectivity index (χ4v) is 3.15. The number of carbonyl (C=O) groups excluding carboxylic acids is 1. The van der Waals surface area contributed by atoms with Gasteiger partial charge < -0.3 is 16.0 Å². The zero-order valence-electron chi connectivity index (χ0n) is 13.7. The van der Waals surface area contributed by atoms with Crippen LogP contribution >= 0.6 is 0 Å². The van der Waals surface area contributed by atoms with E-state index in [-0.39, 0.29) is 5.91 Å². The van der Waals surface area contributed by atoms with Gasteiger partial charge in [-0.15, -0.1) is 0 Å². The Kier molecular flexibility index (Phi) is 6.19. The van der Waals surface area contributed by atoms with Gasteiger partial charge in [-0.2, -0.15) is 0 Å². The number of aromatic nitrogens is 1. The molecule has 3 N–H and O–H groups in total. The van der Waals surface area contributed by atoms with Gasteiger partial charge in [0.2, 0.25) is 0 Å². The van der Waals surface area contributed by atoms with Crippen molar-refractivity contribution < 1.29 is 4.79 Å². The van der Waals surface area contributed by atoms with E-state index in [4.69, 9.17) is 5.73 Å². The minimum Gasteiger partial charge on any atom is -0.384 e. The van der Waals surface area contributed by atoms with E-state index in [2.05, 4.69) is 29.0 Å². The number of hydrogen-bond donors (Lipinski definition) is 2. The maximum Gasteiger partial charge on any atom is 0.251 e. The van der Waals surface area contributed by atoms with Crippen molar-refractivity contribution in [2.45, 2.75) is 33.1 Å². The molecule has 5 heteroatoms. The summed E-state index contributed by atoms with van der Waals surface area (Å²) in [5.74, 6) is 1.72. The number of amides is 1. The van der Waals surface area contributed by atoms with Crippen molar-refractivity contribution in [3.63, 3.8) is 0 Å². The molecule has 1 fully saturated rings. The Balaban J connectivity index is 1.73. The number of anilines is 1. The molecule has 0 aromatic carbocycles. The van der Waals surface area contributed by atoms with Crippen molar-refractivity contribution in [1.29, 1.82) is 0 Å². The maximum atomic E-state index is 12.0. The van der Waals surface area contributed by atoms with Gasteiger partial charge in [0, 0.05) is 31.4 Å². The van der Waals surface area contributed by atoms with Gasteiger partial charge in [-0.1, -0.05) is 13.8 Å². The molecule has 0 unspecified atom stereocenters. The van der Waals surface area contributed by atoms with Crippen LogP contribution in [0.3, 0.4) is 0 Å². The van der Waals surface area contributed by atoms with Gasteiger partial charge in [0.1, 0.15) is 5.82 Å². The van der Waals surface area contributed by atoms with Crippen LogP contribution in [0.4, 0.5) is 5.82 Å². The quantitative estimate of drug-likeness (QED) is 0.845. The van der Waals surface area contributed by atoms with Crippen LogP contribution in [-0.4, -0.2) is 42.0 Å². The maximum absolute atomic E-state index is 12.0. The molecule has 1 aliphatic rings. The zero-order valence-corrected chi connectivity index (χ0v) is 13.7. The molecule has 0 bridgehead atoms. The van der Waals surface area contributed by atoms with E-state index in [9.17, 15) is 4.79 Å². The van der Waals surface area contributed by atoms with Crippen LogP contribution < -0.4 is 11.1 Å². The monoisotopic (exact) mass is 304 g/mol. The number of piperidine rings is 1. The van der Waals surface area contributed by atoms with Crippen LogP contribution in [-0.2, 0) is 0 Å². The van der Waals surface area contributed by atoms with Gasteiger partial charge in [-0.25, -0.2) is 4.98 Å². The third kappa shape index (κ3) is 5.30. The molecule has 1 aliphatic heterocycles. The molecule has 0 saturated carbocycles. The number of hydrogen-bond acceptors (Lipinski definition) is 4. The molecule has 1 atom stereocenters. The summed E-state index contributed by atoms with van der Waals surface area (Å²) in [4.78, 5) is 18.5. The van der Waals surface area contributed by atoms with Crippen molar-refractivity contribution in [3.8, 4) is 0 Å². The first-order valence-corrected chi connectivity index (χ1v) is 8.26. The fraction of sp³-hybridized carbons (Fsp3) is 0.647. The van der Waals surface area contributed by atoms with Crippen LogP contribution in [0, 0.1) is 11.8 Å². The second-order valence-electron chi connectivity index (χ2n) is 6.68. The molecule has 0 spiro atoms. The normalized spacial score (nSPS) is 19.3. The summed E-state index contributed by atoms with van der Waals surface area (Å²) >= 11 is 0.